The summed E-state index contributed by atoms with van der Waals surface area (Å²) in [7, 11) is 0. The molecule has 4 heteroatoms. The summed E-state index contributed by atoms with van der Waals surface area (Å²) in [6.07, 6.45) is 1.03. The maximum Gasteiger partial charge on any atom is 0.255 e. The minimum absolute atomic E-state index is 0.114. The van der Waals surface area contributed by atoms with Crippen LogP contribution in [0.1, 0.15) is 36.3 Å². The van der Waals surface area contributed by atoms with Gasteiger partial charge in [0.2, 0.25) is 0 Å². The zero-order chi connectivity index (χ0) is 17.8. The van der Waals surface area contributed by atoms with Crippen LogP contribution in [0.15, 0.2) is 54.6 Å². The van der Waals surface area contributed by atoms with Crippen molar-refractivity contribution < 1.29 is 9.53 Å². The van der Waals surface area contributed by atoms with Gasteiger partial charge in [-0.05, 0) is 50.6 Å². The first-order valence-corrected chi connectivity index (χ1v) is 8.51. The van der Waals surface area contributed by atoms with Crippen LogP contribution in [0.4, 0.5) is 5.69 Å². The Kier molecular flexibility index (Phi) is 4.98. The topological polar surface area (TPSA) is 51.2 Å². The molecule has 1 amide bonds. The van der Waals surface area contributed by atoms with Gasteiger partial charge < -0.3 is 10.1 Å². The SMILES string of the molecule is CC[C@H](C)Oc1cccc(C(=O)Nc2cccc3ccc(C)nc23)c1. The highest BCUT2D eigenvalue weighted by atomic mass is 16.5. The lowest BCUT2D eigenvalue weighted by Gasteiger charge is -2.13. The number of ether oxygens (including phenoxy) is 1. The number of hydrogen-bond acceptors (Lipinski definition) is 3. The maximum atomic E-state index is 12.7. The third kappa shape index (κ3) is 3.97. The number of rotatable bonds is 5. The molecule has 1 aromatic heterocycles. The Morgan fingerprint density at radius 3 is 2.76 bits per heavy atom. The van der Waals surface area contributed by atoms with Crippen LogP contribution in [0.3, 0.4) is 0 Å². The van der Waals surface area contributed by atoms with Gasteiger partial charge in [0.05, 0.1) is 17.3 Å². The quantitative estimate of drug-likeness (QED) is 0.716. The Morgan fingerprint density at radius 2 is 1.96 bits per heavy atom. The van der Waals surface area contributed by atoms with Gasteiger partial charge in [-0.3, -0.25) is 9.78 Å². The molecule has 4 nitrogen and oxygen atoms in total. The van der Waals surface area contributed by atoms with Crippen LogP contribution in [0, 0.1) is 6.92 Å². The Balaban J connectivity index is 1.85. The van der Waals surface area contributed by atoms with Crippen LogP contribution in [0.25, 0.3) is 10.9 Å². The van der Waals surface area contributed by atoms with Gasteiger partial charge in [0, 0.05) is 16.6 Å². The second kappa shape index (κ2) is 7.34. The van der Waals surface area contributed by atoms with E-state index in [9.17, 15) is 4.79 Å². The van der Waals surface area contributed by atoms with E-state index >= 15 is 0 Å². The number of hydrogen-bond donors (Lipinski definition) is 1. The average molecular weight is 334 g/mol. The highest BCUT2D eigenvalue weighted by molar-refractivity contribution is 6.08. The highest BCUT2D eigenvalue weighted by Gasteiger charge is 2.11. The molecule has 0 unspecified atom stereocenters. The molecule has 0 spiro atoms. The fourth-order valence-corrected chi connectivity index (χ4v) is 2.57. The van der Waals surface area contributed by atoms with Gasteiger partial charge in [-0.25, -0.2) is 0 Å². The predicted octanol–water partition coefficient (Wildman–Crippen LogP) is 4.97. The molecule has 0 aliphatic rings. The zero-order valence-electron chi connectivity index (χ0n) is 14.7. The summed E-state index contributed by atoms with van der Waals surface area (Å²) in [4.78, 5) is 17.2. The summed E-state index contributed by atoms with van der Waals surface area (Å²) in [6, 6.07) is 17.0. The van der Waals surface area contributed by atoms with Gasteiger partial charge >= 0.3 is 0 Å². The molecule has 0 bridgehead atoms. The molecule has 0 radical (unpaired) electrons. The van der Waals surface area contributed by atoms with Crippen LogP contribution >= 0.6 is 0 Å². The molecule has 128 valence electrons. The monoisotopic (exact) mass is 334 g/mol. The molecule has 1 heterocycles. The number of benzene rings is 2. The molecule has 0 aliphatic carbocycles. The van der Waals surface area contributed by atoms with Gasteiger partial charge in [-0.2, -0.15) is 0 Å². The van der Waals surface area contributed by atoms with Crippen molar-refractivity contribution in [2.24, 2.45) is 0 Å². The Hall–Kier alpha value is -2.88. The van der Waals surface area contributed by atoms with E-state index in [1.54, 1.807) is 12.1 Å². The van der Waals surface area contributed by atoms with Crippen LogP contribution in [0.2, 0.25) is 0 Å². The van der Waals surface area contributed by atoms with Crippen molar-refractivity contribution in [2.45, 2.75) is 33.3 Å². The average Bonchev–Trinajstić information content (AvgIpc) is 2.62. The number of carbonyl (C=O) groups is 1. The molecule has 0 saturated carbocycles. The van der Waals surface area contributed by atoms with Gasteiger partial charge in [-0.15, -0.1) is 0 Å². The van der Waals surface area contributed by atoms with Crippen molar-refractivity contribution in [1.29, 1.82) is 0 Å². The fourth-order valence-electron chi connectivity index (χ4n) is 2.57. The number of amides is 1. The molecule has 25 heavy (non-hydrogen) atoms. The summed E-state index contributed by atoms with van der Waals surface area (Å²) in [5, 5.41) is 3.96. The van der Waals surface area contributed by atoms with Crippen molar-refractivity contribution >= 4 is 22.5 Å². The third-order valence-corrected chi connectivity index (χ3v) is 4.12. The van der Waals surface area contributed by atoms with E-state index in [0.29, 0.717) is 17.0 Å². The maximum absolute atomic E-state index is 12.7. The number of aromatic nitrogens is 1. The van der Waals surface area contributed by atoms with E-state index in [0.717, 1.165) is 23.0 Å². The van der Waals surface area contributed by atoms with Crippen molar-refractivity contribution in [2.75, 3.05) is 5.32 Å². The van der Waals surface area contributed by atoms with E-state index in [4.69, 9.17) is 4.74 Å². The minimum Gasteiger partial charge on any atom is -0.491 e. The van der Waals surface area contributed by atoms with E-state index in [1.807, 2.05) is 56.3 Å². The second-order valence-corrected chi connectivity index (χ2v) is 6.15. The number of pyridine rings is 1. The van der Waals surface area contributed by atoms with E-state index < -0.39 is 0 Å². The molecule has 3 aromatic rings. The van der Waals surface area contributed by atoms with Crippen LogP contribution in [0.5, 0.6) is 5.75 Å². The number of carbonyl (C=O) groups excluding carboxylic acids is 1. The number of aryl methyl sites for hydroxylation is 1. The first-order chi connectivity index (χ1) is 12.1. The molecule has 1 atom stereocenters. The Morgan fingerprint density at radius 1 is 1.16 bits per heavy atom. The number of nitrogens with zero attached hydrogens (tertiary/aromatic N) is 1. The van der Waals surface area contributed by atoms with Gasteiger partial charge in [0.15, 0.2) is 0 Å². The summed E-state index contributed by atoms with van der Waals surface area (Å²) in [5.74, 6) is 0.527. The molecule has 0 aliphatic heterocycles. The number of nitrogens with one attached hydrogen (secondary N) is 1. The molecular weight excluding hydrogens is 312 g/mol. The second-order valence-electron chi connectivity index (χ2n) is 6.15. The Bertz CT molecular complexity index is 905. The molecule has 1 N–H and O–H groups in total. The summed E-state index contributed by atoms with van der Waals surface area (Å²) >= 11 is 0. The number of anilines is 1. The molecule has 3 rings (SSSR count). The van der Waals surface area contributed by atoms with Gasteiger partial charge in [-0.1, -0.05) is 31.2 Å². The van der Waals surface area contributed by atoms with Gasteiger partial charge in [0.1, 0.15) is 5.75 Å². The first kappa shape index (κ1) is 17.0. The van der Waals surface area contributed by atoms with Crippen molar-refractivity contribution in [3.05, 3.63) is 65.9 Å². The summed E-state index contributed by atoms with van der Waals surface area (Å²) in [5.41, 5.74) is 2.98. The lowest BCUT2D eigenvalue weighted by molar-refractivity contribution is 0.102. The van der Waals surface area contributed by atoms with E-state index in [2.05, 4.69) is 17.2 Å². The van der Waals surface area contributed by atoms with E-state index in [-0.39, 0.29) is 12.0 Å². The summed E-state index contributed by atoms with van der Waals surface area (Å²) < 4.78 is 5.80. The fraction of sp³-hybridized carbons (Fsp3) is 0.238. The highest BCUT2D eigenvalue weighted by Crippen LogP contribution is 2.23. The van der Waals surface area contributed by atoms with Crippen LogP contribution in [-0.4, -0.2) is 17.0 Å². The van der Waals surface area contributed by atoms with E-state index in [1.165, 1.54) is 0 Å². The van der Waals surface area contributed by atoms with Crippen molar-refractivity contribution in [3.63, 3.8) is 0 Å². The van der Waals surface area contributed by atoms with Crippen molar-refractivity contribution in [1.82, 2.24) is 4.98 Å². The number of para-hydroxylation sites is 1. The first-order valence-electron chi connectivity index (χ1n) is 8.51. The van der Waals surface area contributed by atoms with Crippen molar-refractivity contribution in [3.8, 4) is 5.75 Å². The largest absolute Gasteiger partial charge is 0.491 e. The predicted molar refractivity (Wildman–Crippen MR) is 101 cm³/mol. The summed E-state index contributed by atoms with van der Waals surface area (Å²) in [6.45, 7) is 6.02. The Labute approximate surface area is 147 Å². The smallest absolute Gasteiger partial charge is 0.255 e. The standard InChI is InChI=1S/C21H22N2O2/c1-4-15(3)25-18-9-5-8-17(13-18)21(24)23-19-10-6-7-16-12-11-14(2)22-20(16)19/h5-13,15H,4H2,1-3H3,(H,23,24)/t15-/m0/s1. The molecule has 0 fully saturated rings. The lowest BCUT2D eigenvalue weighted by Crippen LogP contribution is -2.14. The molecule has 0 saturated heterocycles. The lowest BCUT2D eigenvalue weighted by atomic mass is 10.1. The van der Waals surface area contributed by atoms with Crippen LogP contribution in [-0.2, 0) is 0 Å². The number of fused-ring (bicyclic) bond motifs is 1. The van der Waals surface area contributed by atoms with Gasteiger partial charge in [0.25, 0.3) is 5.91 Å². The minimum atomic E-state index is -0.176. The zero-order valence-corrected chi connectivity index (χ0v) is 14.7. The normalized spacial score (nSPS) is 12.0. The molecule has 2 aromatic carbocycles. The third-order valence-electron chi connectivity index (χ3n) is 4.12. The van der Waals surface area contributed by atoms with Crippen LogP contribution < -0.4 is 10.1 Å². The molecular formula is C21H22N2O2.